The van der Waals surface area contributed by atoms with Crippen molar-refractivity contribution in [1.82, 2.24) is 10.1 Å². The number of halogens is 1. The number of aryl methyl sites for hydroxylation is 2. The molecule has 4 nitrogen and oxygen atoms in total. The van der Waals surface area contributed by atoms with Crippen LogP contribution in [0.15, 0.2) is 22.7 Å². The predicted octanol–water partition coefficient (Wildman–Crippen LogP) is 3.70. The Bertz CT molecular complexity index is 698. The third kappa shape index (κ3) is 2.89. The van der Waals surface area contributed by atoms with E-state index >= 15 is 0 Å². The molecule has 0 amide bonds. The van der Waals surface area contributed by atoms with Crippen molar-refractivity contribution in [3.8, 4) is 0 Å². The highest BCUT2D eigenvalue weighted by atomic mass is 35.5. The summed E-state index contributed by atoms with van der Waals surface area (Å²) in [5.41, 5.74) is 4.25. The number of anilines is 1. The van der Waals surface area contributed by atoms with Crippen LogP contribution in [-0.2, 0) is 13.0 Å². The molecule has 0 aliphatic carbocycles. The van der Waals surface area contributed by atoms with E-state index in [1.165, 1.54) is 5.56 Å². The molecule has 0 bridgehead atoms. The van der Waals surface area contributed by atoms with Crippen LogP contribution in [0.25, 0.3) is 0 Å². The van der Waals surface area contributed by atoms with Gasteiger partial charge in [-0.05, 0) is 56.2 Å². The molecular formula is C15H16ClN3OS. The summed E-state index contributed by atoms with van der Waals surface area (Å²) < 4.78 is 5.36. The first-order valence-electron chi connectivity index (χ1n) is 6.80. The second kappa shape index (κ2) is 5.66. The maximum absolute atomic E-state index is 5.97. The van der Waals surface area contributed by atoms with Gasteiger partial charge in [0.1, 0.15) is 0 Å². The quantitative estimate of drug-likeness (QED) is 0.811. The van der Waals surface area contributed by atoms with Crippen molar-refractivity contribution in [2.75, 3.05) is 11.9 Å². The number of thiocarbonyl (C=S) groups is 1. The fourth-order valence-corrected chi connectivity index (χ4v) is 3.01. The summed E-state index contributed by atoms with van der Waals surface area (Å²) in [6.45, 7) is 5.51. The molecule has 2 heterocycles. The molecule has 110 valence electrons. The summed E-state index contributed by atoms with van der Waals surface area (Å²) in [5.74, 6) is 0.913. The first-order chi connectivity index (χ1) is 10.0. The van der Waals surface area contributed by atoms with E-state index in [0.29, 0.717) is 11.7 Å². The third-order valence-corrected chi connectivity index (χ3v) is 4.34. The Kier molecular flexibility index (Phi) is 3.87. The molecule has 2 aromatic rings. The van der Waals surface area contributed by atoms with Gasteiger partial charge in [-0.25, -0.2) is 0 Å². The van der Waals surface area contributed by atoms with Crippen molar-refractivity contribution >= 4 is 34.6 Å². The van der Waals surface area contributed by atoms with Crippen LogP contribution in [0, 0.1) is 13.8 Å². The van der Waals surface area contributed by atoms with Crippen LogP contribution >= 0.6 is 23.8 Å². The Balaban J connectivity index is 1.72. The van der Waals surface area contributed by atoms with Gasteiger partial charge in [-0.2, -0.15) is 0 Å². The molecule has 1 aromatic heterocycles. The van der Waals surface area contributed by atoms with Crippen molar-refractivity contribution in [1.29, 1.82) is 0 Å². The number of fused-ring (bicyclic) bond motifs is 1. The average Bonchev–Trinajstić information content (AvgIpc) is 2.83. The lowest BCUT2D eigenvalue weighted by Crippen LogP contribution is -2.38. The van der Waals surface area contributed by atoms with Gasteiger partial charge in [-0.3, -0.25) is 0 Å². The molecular weight excluding hydrogens is 306 g/mol. The Hall–Kier alpha value is -1.59. The van der Waals surface area contributed by atoms with Gasteiger partial charge in [-0.1, -0.05) is 16.8 Å². The van der Waals surface area contributed by atoms with Crippen molar-refractivity contribution in [2.24, 2.45) is 0 Å². The summed E-state index contributed by atoms with van der Waals surface area (Å²) in [6.07, 6.45) is 0.909. The van der Waals surface area contributed by atoms with Crippen LogP contribution in [0.2, 0.25) is 5.02 Å². The first-order valence-corrected chi connectivity index (χ1v) is 7.59. The number of nitrogens with zero attached hydrogens (tertiary/aromatic N) is 2. The highest BCUT2D eigenvalue weighted by molar-refractivity contribution is 7.80. The molecule has 0 spiro atoms. The zero-order valence-electron chi connectivity index (χ0n) is 11.9. The second-order valence-corrected chi connectivity index (χ2v) is 6.05. The summed E-state index contributed by atoms with van der Waals surface area (Å²) in [5, 5.41) is 8.72. The van der Waals surface area contributed by atoms with Crippen molar-refractivity contribution in [3.05, 3.63) is 45.8 Å². The maximum atomic E-state index is 5.97. The van der Waals surface area contributed by atoms with Crippen LogP contribution in [-0.4, -0.2) is 21.7 Å². The predicted molar refractivity (Wildman–Crippen MR) is 87.8 cm³/mol. The van der Waals surface area contributed by atoms with Gasteiger partial charge < -0.3 is 14.7 Å². The van der Waals surface area contributed by atoms with Crippen LogP contribution in [0.4, 0.5) is 5.69 Å². The largest absolute Gasteiger partial charge is 0.359 e. The first kappa shape index (κ1) is 14.4. The molecule has 1 aliphatic rings. The van der Waals surface area contributed by atoms with Crippen molar-refractivity contribution < 1.29 is 4.52 Å². The number of aromatic nitrogens is 1. The molecule has 6 heteroatoms. The number of hydrogen-bond donors (Lipinski definition) is 1. The molecule has 0 radical (unpaired) electrons. The van der Waals surface area contributed by atoms with Gasteiger partial charge in [0.25, 0.3) is 0 Å². The molecule has 0 unspecified atom stereocenters. The maximum Gasteiger partial charge on any atom is 0.173 e. The van der Waals surface area contributed by atoms with E-state index in [-0.39, 0.29) is 0 Å². The van der Waals surface area contributed by atoms with Gasteiger partial charge >= 0.3 is 0 Å². The average molecular weight is 322 g/mol. The van der Waals surface area contributed by atoms with Crippen molar-refractivity contribution in [3.63, 3.8) is 0 Å². The molecule has 3 rings (SSSR count). The molecule has 0 saturated heterocycles. The van der Waals surface area contributed by atoms with Gasteiger partial charge in [0.2, 0.25) is 0 Å². The van der Waals surface area contributed by atoms with Gasteiger partial charge in [0, 0.05) is 22.8 Å². The van der Waals surface area contributed by atoms with Gasteiger partial charge in [-0.15, -0.1) is 0 Å². The highest BCUT2D eigenvalue weighted by Crippen LogP contribution is 2.24. The smallest absolute Gasteiger partial charge is 0.173 e. The number of nitrogens with one attached hydrogen (secondary N) is 1. The van der Waals surface area contributed by atoms with E-state index in [0.717, 1.165) is 40.7 Å². The summed E-state index contributed by atoms with van der Waals surface area (Å²) in [7, 11) is 0. The lowest BCUT2D eigenvalue weighted by atomic mass is 10.1. The minimum Gasteiger partial charge on any atom is -0.359 e. The normalized spacial score (nSPS) is 14.0. The Labute approximate surface area is 134 Å². The lowest BCUT2D eigenvalue weighted by molar-refractivity contribution is 0.304. The number of benzene rings is 1. The molecule has 1 N–H and O–H groups in total. The third-order valence-electron chi connectivity index (χ3n) is 3.75. The summed E-state index contributed by atoms with van der Waals surface area (Å²) in [6, 6.07) is 5.71. The van der Waals surface area contributed by atoms with Crippen LogP contribution in [0.3, 0.4) is 0 Å². The van der Waals surface area contributed by atoms with E-state index in [4.69, 9.17) is 28.3 Å². The standard InChI is InChI=1S/C15H16ClN3OS/c1-9-7-11(16)3-4-13(9)17-15(21)19-6-5-12-10(2)18-20-14(12)8-19/h3-4,7H,5-6,8H2,1-2H3,(H,17,21). The van der Waals surface area contributed by atoms with E-state index in [9.17, 15) is 0 Å². The fraction of sp³-hybridized carbons (Fsp3) is 0.333. The fourth-order valence-electron chi connectivity index (χ4n) is 2.51. The number of rotatable bonds is 1. The van der Waals surface area contributed by atoms with Crippen LogP contribution < -0.4 is 5.32 Å². The Morgan fingerprint density at radius 1 is 1.43 bits per heavy atom. The topological polar surface area (TPSA) is 41.3 Å². The molecule has 1 aliphatic heterocycles. The van der Waals surface area contributed by atoms with Crippen LogP contribution in [0.5, 0.6) is 0 Å². The summed E-state index contributed by atoms with van der Waals surface area (Å²) in [4.78, 5) is 2.09. The molecule has 21 heavy (non-hydrogen) atoms. The van der Waals surface area contributed by atoms with Crippen LogP contribution in [0.1, 0.15) is 22.6 Å². The minimum absolute atomic E-state index is 0.661. The van der Waals surface area contributed by atoms with E-state index in [1.54, 1.807) is 0 Å². The Morgan fingerprint density at radius 3 is 3.00 bits per heavy atom. The van der Waals surface area contributed by atoms with Gasteiger partial charge in [0.15, 0.2) is 10.9 Å². The van der Waals surface area contributed by atoms with E-state index in [2.05, 4.69) is 15.4 Å². The van der Waals surface area contributed by atoms with E-state index < -0.39 is 0 Å². The molecule has 0 atom stereocenters. The Morgan fingerprint density at radius 2 is 2.24 bits per heavy atom. The second-order valence-electron chi connectivity index (χ2n) is 5.23. The summed E-state index contributed by atoms with van der Waals surface area (Å²) >= 11 is 11.5. The molecule has 1 aromatic carbocycles. The van der Waals surface area contributed by atoms with E-state index in [1.807, 2.05) is 32.0 Å². The molecule has 0 saturated carbocycles. The molecule has 0 fully saturated rings. The minimum atomic E-state index is 0.661. The zero-order chi connectivity index (χ0) is 15.0. The lowest BCUT2D eigenvalue weighted by Gasteiger charge is -2.28. The highest BCUT2D eigenvalue weighted by Gasteiger charge is 2.24. The monoisotopic (exact) mass is 321 g/mol. The van der Waals surface area contributed by atoms with Crippen molar-refractivity contribution in [2.45, 2.75) is 26.8 Å². The zero-order valence-corrected chi connectivity index (χ0v) is 13.5. The SMILES string of the molecule is Cc1cc(Cl)ccc1NC(=S)N1CCc2c(C)noc2C1. The van der Waals surface area contributed by atoms with Gasteiger partial charge in [0.05, 0.1) is 12.2 Å². The number of hydrogen-bond acceptors (Lipinski definition) is 3.